The number of nitrogens with zero attached hydrogens (tertiary/aromatic N) is 4. The highest BCUT2D eigenvalue weighted by atomic mass is 35.5. The quantitative estimate of drug-likeness (QED) is 0.582. The lowest BCUT2D eigenvalue weighted by Crippen LogP contribution is -2.44. The molecule has 0 aliphatic carbocycles. The van der Waals surface area contributed by atoms with Crippen LogP contribution in [0, 0.1) is 5.82 Å². The fourth-order valence-electron chi connectivity index (χ4n) is 3.60. The van der Waals surface area contributed by atoms with E-state index in [9.17, 15) is 4.39 Å². The van der Waals surface area contributed by atoms with Gasteiger partial charge in [0, 0.05) is 30.5 Å². The molecular weight excluding hydrogens is 331 g/mol. The van der Waals surface area contributed by atoms with E-state index in [1.165, 1.54) is 12.3 Å². The standard InChI is InChI=1S/C17H23ClFN4O/c1-23(10-4-7-18)16(6-8-21-23)22-9-3-5-15(22)14-11-13(19)12-20-17(14)24-2/h6,8,11-12,15H,3-5,7,9-10H2,1-2H3/q+1/t15?,23-/m1/s1. The molecule has 1 saturated heterocycles. The van der Waals surface area contributed by atoms with Crippen molar-refractivity contribution >= 4 is 17.8 Å². The van der Waals surface area contributed by atoms with Gasteiger partial charge in [-0.2, -0.15) is 4.59 Å². The molecule has 2 aliphatic rings. The zero-order chi connectivity index (χ0) is 17.2. The molecule has 130 valence electrons. The van der Waals surface area contributed by atoms with Crippen LogP contribution < -0.4 is 4.74 Å². The van der Waals surface area contributed by atoms with Crippen molar-refractivity contribution in [3.63, 3.8) is 0 Å². The van der Waals surface area contributed by atoms with Gasteiger partial charge in [0.2, 0.25) is 11.7 Å². The van der Waals surface area contributed by atoms with Gasteiger partial charge in [0.05, 0.1) is 32.6 Å². The first-order valence-corrected chi connectivity index (χ1v) is 8.76. The fourth-order valence-corrected chi connectivity index (χ4v) is 3.71. The molecule has 1 fully saturated rings. The van der Waals surface area contributed by atoms with E-state index >= 15 is 0 Å². The zero-order valence-electron chi connectivity index (χ0n) is 14.1. The molecule has 1 aromatic rings. The number of halogens is 2. The number of alkyl halides is 1. The minimum absolute atomic E-state index is 0.0459. The average molecular weight is 354 g/mol. The maximum absolute atomic E-state index is 13.8. The van der Waals surface area contributed by atoms with Gasteiger partial charge in [-0.3, -0.25) is 0 Å². The number of ether oxygens (including phenoxy) is 1. The first-order chi connectivity index (χ1) is 11.6. The maximum Gasteiger partial charge on any atom is 0.232 e. The minimum Gasteiger partial charge on any atom is -0.481 e. The van der Waals surface area contributed by atoms with Crippen LogP contribution >= 0.6 is 11.6 Å². The van der Waals surface area contributed by atoms with E-state index in [-0.39, 0.29) is 11.9 Å². The topological polar surface area (TPSA) is 37.7 Å². The summed E-state index contributed by atoms with van der Waals surface area (Å²) in [6.45, 7) is 1.75. The highest BCUT2D eigenvalue weighted by Crippen LogP contribution is 2.41. The number of pyridine rings is 1. The van der Waals surface area contributed by atoms with Crippen LogP contribution in [0.1, 0.15) is 30.9 Å². The Hall–Kier alpha value is -1.66. The van der Waals surface area contributed by atoms with Gasteiger partial charge in [-0.25, -0.2) is 9.37 Å². The Morgan fingerprint density at radius 2 is 2.33 bits per heavy atom. The first kappa shape index (κ1) is 17.2. The molecule has 5 nitrogen and oxygen atoms in total. The Morgan fingerprint density at radius 1 is 1.50 bits per heavy atom. The lowest BCUT2D eigenvalue weighted by Gasteiger charge is -2.35. The molecule has 3 rings (SSSR count). The van der Waals surface area contributed by atoms with Crippen molar-refractivity contribution in [2.75, 3.05) is 33.1 Å². The number of hydrogen-bond acceptors (Lipinski definition) is 4. The van der Waals surface area contributed by atoms with Gasteiger partial charge in [-0.15, -0.1) is 11.6 Å². The van der Waals surface area contributed by atoms with Crippen LogP contribution in [0.4, 0.5) is 4.39 Å². The van der Waals surface area contributed by atoms with Gasteiger partial charge in [0.1, 0.15) is 12.4 Å². The number of rotatable bonds is 6. The molecule has 24 heavy (non-hydrogen) atoms. The Morgan fingerprint density at radius 3 is 3.08 bits per heavy atom. The Kier molecular flexibility index (Phi) is 5.06. The summed E-state index contributed by atoms with van der Waals surface area (Å²) in [7, 11) is 3.65. The Balaban J connectivity index is 1.90. The Bertz CT molecular complexity index is 666. The molecule has 2 atom stereocenters. The average Bonchev–Trinajstić information content (AvgIpc) is 3.19. The van der Waals surface area contributed by atoms with Gasteiger partial charge < -0.3 is 9.64 Å². The lowest BCUT2D eigenvalue weighted by molar-refractivity contribution is -0.885. The molecule has 0 amide bonds. The second-order valence-corrected chi connectivity index (χ2v) is 6.68. The van der Waals surface area contributed by atoms with Crippen molar-refractivity contribution < 1.29 is 13.7 Å². The molecule has 0 N–H and O–H groups in total. The normalized spacial score (nSPS) is 26.1. The van der Waals surface area contributed by atoms with E-state index < -0.39 is 0 Å². The predicted molar refractivity (Wildman–Crippen MR) is 92.4 cm³/mol. The molecule has 2 aliphatic heterocycles. The second-order valence-electron chi connectivity index (χ2n) is 6.30. The van der Waals surface area contributed by atoms with Gasteiger partial charge in [0.25, 0.3) is 0 Å². The van der Waals surface area contributed by atoms with Crippen LogP contribution in [0.15, 0.2) is 29.3 Å². The molecule has 0 radical (unpaired) electrons. The summed E-state index contributed by atoms with van der Waals surface area (Å²) in [5.41, 5.74) is 0.798. The van der Waals surface area contributed by atoms with Crippen molar-refractivity contribution in [1.29, 1.82) is 0 Å². The van der Waals surface area contributed by atoms with E-state index in [0.717, 1.165) is 43.7 Å². The largest absolute Gasteiger partial charge is 0.481 e. The van der Waals surface area contributed by atoms with E-state index in [2.05, 4.69) is 22.0 Å². The summed E-state index contributed by atoms with van der Waals surface area (Å²) in [6, 6.07) is 1.58. The number of methoxy groups -OCH3 is 1. The van der Waals surface area contributed by atoms with E-state index in [0.29, 0.717) is 16.4 Å². The monoisotopic (exact) mass is 353 g/mol. The third-order valence-corrected chi connectivity index (χ3v) is 4.98. The molecule has 1 unspecified atom stereocenters. The summed E-state index contributed by atoms with van der Waals surface area (Å²) in [5.74, 6) is 1.88. The van der Waals surface area contributed by atoms with Gasteiger partial charge in [-0.1, -0.05) is 5.10 Å². The third-order valence-electron chi connectivity index (χ3n) is 4.71. The summed E-state index contributed by atoms with van der Waals surface area (Å²) >= 11 is 5.87. The van der Waals surface area contributed by atoms with E-state index in [4.69, 9.17) is 16.3 Å². The van der Waals surface area contributed by atoms with Gasteiger partial charge in [-0.05, 0) is 18.9 Å². The van der Waals surface area contributed by atoms with Gasteiger partial charge >= 0.3 is 0 Å². The number of aromatic nitrogens is 1. The Labute approximate surface area is 147 Å². The summed E-state index contributed by atoms with van der Waals surface area (Å²) in [4.78, 5) is 6.40. The molecule has 0 bridgehead atoms. The summed E-state index contributed by atoms with van der Waals surface area (Å²) < 4.78 is 19.6. The SMILES string of the molecule is COc1ncc(F)cc1C1CCCN1C1=CC=N[N@+]1(C)CCCCl. The summed E-state index contributed by atoms with van der Waals surface area (Å²) in [5, 5.41) is 4.62. The van der Waals surface area contributed by atoms with Crippen LogP contribution in [0.5, 0.6) is 5.88 Å². The zero-order valence-corrected chi connectivity index (χ0v) is 14.8. The van der Waals surface area contributed by atoms with E-state index in [1.807, 2.05) is 12.3 Å². The number of quaternary nitrogens is 1. The van der Waals surface area contributed by atoms with Gasteiger partial charge in [0.15, 0.2) is 0 Å². The maximum atomic E-state index is 13.8. The van der Waals surface area contributed by atoms with Crippen LogP contribution in [0.3, 0.4) is 0 Å². The molecular formula is C17H23ClFN4O+. The first-order valence-electron chi connectivity index (χ1n) is 8.23. The van der Waals surface area contributed by atoms with E-state index in [1.54, 1.807) is 7.11 Å². The summed E-state index contributed by atoms with van der Waals surface area (Å²) in [6.07, 6.45) is 7.95. The van der Waals surface area contributed by atoms with Crippen LogP contribution in [0.25, 0.3) is 0 Å². The van der Waals surface area contributed by atoms with Crippen LogP contribution in [-0.2, 0) is 0 Å². The number of allylic oxidation sites excluding steroid dienone is 1. The smallest absolute Gasteiger partial charge is 0.232 e. The third kappa shape index (κ3) is 3.13. The van der Waals surface area contributed by atoms with Crippen molar-refractivity contribution in [3.05, 3.63) is 35.5 Å². The highest BCUT2D eigenvalue weighted by molar-refractivity contribution is 6.17. The van der Waals surface area contributed by atoms with Crippen molar-refractivity contribution in [2.45, 2.75) is 25.3 Å². The molecule has 0 spiro atoms. The molecule has 3 heterocycles. The molecule has 7 heteroatoms. The lowest BCUT2D eigenvalue weighted by atomic mass is 10.1. The number of hydrogen-bond donors (Lipinski definition) is 0. The predicted octanol–water partition coefficient (Wildman–Crippen LogP) is 3.28. The minimum atomic E-state index is -0.339. The van der Waals surface area contributed by atoms with Crippen LogP contribution in [-0.4, -0.2) is 53.8 Å². The number of likely N-dealkylation sites (tertiary alicyclic amines) is 1. The molecule has 1 aromatic heterocycles. The highest BCUT2D eigenvalue weighted by Gasteiger charge is 2.41. The van der Waals surface area contributed by atoms with Crippen molar-refractivity contribution in [2.24, 2.45) is 5.10 Å². The van der Waals surface area contributed by atoms with Crippen LogP contribution in [0.2, 0.25) is 0 Å². The second kappa shape index (κ2) is 7.07. The van der Waals surface area contributed by atoms with Crippen molar-refractivity contribution in [3.8, 4) is 5.88 Å². The van der Waals surface area contributed by atoms with Crippen molar-refractivity contribution in [1.82, 2.24) is 9.88 Å². The molecule has 0 aromatic carbocycles. The fraction of sp³-hybridized carbons (Fsp3) is 0.529. The molecule has 0 saturated carbocycles.